The molecule has 0 heterocycles. The predicted molar refractivity (Wildman–Crippen MR) is 164 cm³/mol. The van der Waals surface area contributed by atoms with E-state index in [-0.39, 0.29) is 0 Å². The van der Waals surface area contributed by atoms with Crippen LogP contribution in [0.25, 0.3) is 0 Å². The summed E-state index contributed by atoms with van der Waals surface area (Å²) in [4.78, 5) is 0. The summed E-state index contributed by atoms with van der Waals surface area (Å²) < 4.78 is 0. The second-order valence-corrected chi connectivity index (χ2v) is 6.57. The molecule has 0 saturated heterocycles. The number of terminal acetylenes is 1. The van der Waals surface area contributed by atoms with Crippen molar-refractivity contribution < 1.29 is 0 Å². The summed E-state index contributed by atoms with van der Waals surface area (Å²) in [5.41, 5.74) is 7.85. The van der Waals surface area contributed by atoms with Crippen molar-refractivity contribution in [2.45, 2.75) is 135 Å². The van der Waals surface area contributed by atoms with E-state index in [9.17, 15) is 0 Å². The van der Waals surface area contributed by atoms with E-state index < -0.39 is 0 Å². The number of allylic oxidation sites excluding steroid dienone is 6. The van der Waals surface area contributed by atoms with E-state index in [0.717, 1.165) is 30.9 Å². The second-order valence-electron chi connectivity index (χ2n) is 6.57. The van der Waals surface area contributed by atoms with Gasteiger partial charge >= 0.3 is 0 Å². The Balaban J connectivity index is -0.0000000548. The van der Waals surface area contributed by atoms with Gasteiger partial charge in [0, 0.05) is 5.57 Å². The summed E-state index contributed by atoms with van der Waals surface area (Å²) in [6, 6.07) is 0. The monoisotopic (exact) mass is 466 g/mol. The minimum atomic E-state index is 0.858. The smallest absolute Gasteiger partial charge is 0.00147 e. The predicted octanol–water partition coefficient (Wildman–Crippen LogP) is 11.3. The molecule has 1 nitrogen and oxygen atoms in total. The van der Waals surface area contributed by atoms with Crippen molar-refractivity contribution in [1.29, 1.82) is 0 Å². The maximum absolute atomic E-state index is 5.41. The lowest BCUT2D eigenvalue weighted by Gasteiger charge is -2.08. The van der Waals surface area contributed by atoms with Gasteiger partial charge in [0.1, 0.15) is 0 Å². The summed E-state index contributed by atoms with van der Waals surface area (Å²) in [7, 11) is 0. The van der Waals surface area contributed by atoms with E-state index in [0.29, 0.717) is 0 Å². The van der Waals surface area contributed by atoms with Crippen LogP contribution in [0.2, 0.25) is 0 Å². The van der Waals surface area contributed by atoms with Gasteiger partial charge in [0.15, 0.2) is 0 Å². The fraction of sp³-hybridized carbons (Fsp3) is 0.688. The number of rotatable bonds is 9. The molecule has 0 spiro atoms. The molecule has 0 radical (unpaired) electrons. The third-order valence-corrected chi connectivity index (χ3v) is 3.76. The normalized spacial score (nSPS) is 9.42. The van der Waals surface area contributed by atoms with Gasteiger partial charge in [0.05, 0.1) is 0 Å². The third kappa shape index (κ3) is 80.9. The molecule has 0 amide bonds. The molecule has 0 aliphatic carbocycles. The van der Waals surface area contributed by atoms with Crippen molar-refractivity contribution in [2.75, 3.05) is 6.54 Å². The first kappa shape index (κ1) is 48.8. The van der Waals surface area contributed by atoms with E-state index in [1.807, 2.05) is 60.6 Å². The van der Waals surface area contributed by atoms with E-state index in [4.69, 9.17) is 12.2 Å². The van der Waals surface area contributed by atoms with Gasteiger partial charge < -0.3 is 5.73 Å². The van der Waals surface area contributed by atoms with Gasteiger partial charge in [-0.2, -0.15) is 0 Å². The Morgan fingerprint density at radius 1 is 0.939 bits per heavy atom. The first-order chi connectivity index (χ1) is 15.9. The largest absolute Gasteiger partial charge is 0.330 e. The van der Waals surface area contributed by atoms with Crippen LogP contribution in [0.5, 0.6) is 0 Å². The van der Waals surface area contributed by atoms with Crippen molar-refractivity contribution in [3.05, 3.63) is 48.6 Å². The first-order valence-corrected chi connectivity index (χ1v) is 13.5. The van der Waals surface area contributed by atoms with Gasteiger partial charge in [0.2, 0.25) is 0 Å². The lowest BCUT2D eigenvalue weighted by Crippen LogP contribution is -2.02. The summed E-state index contributed by atoms with van der Waals surface area (Å²) >= 11 is 0. The van der Waals surface area contributed by atoms with Crippen molar-refractivity contribution in [3.8, 4) is 12.3 Å². The molecule has 0 saturated carbocycles. The van der Waals surface area contributed by atoms with E-state index >= 15 is 0 Å². The molecule has 33 heavy (non-hydrogen) atoms. The van der Waals surface area contributed by atoms with E-state index in [1.165, 1.54) is 37.7 Å². The molecular formula is C32H67N. The first-order valence-electron chi connectivity index (χ1n) is 13.5. The fourth-order valence-corrected chi connectivity index (χ4v) is 1.75. The molecule has 0 fully saturated rings. The minimum Gasteiger partial charge on any atom is -0.330 e. The molecule has 1 unspecified atom stereocenters. The summed E-state index contributed by atoms with van der Waals surface area (Å²) in [5.74, 6) is 3.51. The highest BCUT2D eigenvalue weighted by Crippen LogP contribution is 2.12. The molecule has 1 heteroatoms. The third-order valence-electron chi connectivity index (χ3n) is 3.76. The molecule has 0 aromatic rings. The van der Waals surface area contributed by atoms with Gasteiger partial charge in [-0.25, -0.2) is 0 Å². The molecule has 200 valence electrons. The molecule has 0 aliphatic rings. The maximum Gasteiger partial charge on any atom is 0.00147 e. The highest BCUT2D eigenvalue weighted by molar-refractivity contribution is 5.28. The van der Waals surface area contributed by atoms with Crippen molar-refractivity contribution >= 4 is 0 Å². The Labute approximate surface area is 214 Å². The van der Waals surface area contributed by atoms with Crippen LogP contribution < -0.4 is 5.73 Å². The fourth-order valence-electron chi connectivity index (χ4n) is 1.75. The van der Waals surface area contributed by atoms with Crippen molar-refractivity contribution in [2.24, 2.45) is 11.7 Å². The van der Waals surface area contributed by atoms with E-state index in [1.54, 1.807) is 0 Å². The second kappa shape index (κ2) is 63.2. The average molecular weight is 466 g/mol. The zero-order chi connectivity index (χ0) is 27.9. The minimum absolute atomic E-state index is 0.858. The number of nitrogens with two attached hydrogens (primary N) is 1. The quantitative estimate of drug-likeness (QED) is 0.204. The standard InChI is InChI=1S/C10H14.C9H21N.C5H10.3C2H6.C2H4/c1-4-7-8-9-10(5-2)6-3;1-3-4-6-9(2)7-5-8-10;1-4-5(2)3;4*1-2/h2,7-9H,4,6H2,1,3H3;9H,3-8,10H2,1-2H3;4H,1-3H3;3*1-2H3;1-2H2/b8-7-,10-9+;;;;;;. The Morgan fingerprint density at radius 2 is 1.36 bits per heavy atom. The Kier molecular flexibility index (Phi) is 93.4. The highest BCUT2D eigenvalue weighted by atomic mass is 14.5. The van der Waals surface area contributed by atoms with E-state index in [2.05, 4.69) is 72.8 Å². The molecule has 2 N–H and O–H groups in total. The summed E-state index contributed by atoms with van der Waals surface area (Å²) in [6.45, 7) is 33.8. The maximum atomic E-state index is 5.41. The number of unbranched alkanes of at least 4 members (excludes halogenated alkanes) is 1. The van der Waals surface area contributed by atoms with Gasteiger partial charge in [0.25, 0.3) is 0 Å². The zero-order valence-electron chi connectivity index (χ0n) is 25.6. The molecule has 0 bridgehead atoms. The van der Waals surface area contributed by atoms with Gasteiger partial charge in [-0.3, -0.25) is 0 Å². The molecule has 0 aliphatic heterocycles. The Hall–Kier alpha value is -1.52. The number of hydrogen-bond acceptors (Lipinski definition) is 1. The van der Waals surface area contributed by atoms with Crippen LogP contribution in [0.3, 0.4) is 0 Å². The molecule has 0 rings (SSSR count). The van der Waals surface area contributed by atoms with Gasteiger partial charge in [-0.1, -0.05) is 124 Å². The van der Waals surface area contributed by atoms with Crippen LogP contribution in [0.15, 0.2) is 48.6 Å². The SMILES string of the molecule is C#C/C(=C\C=C/CC)CC.C=C.CC.CC.CC.CC=C(C)C.CCCCC(C)CCCN. The molecule has 1 atom stereocenters. The lowest BCUT2D eigenvalue weighted by atomic mass is 9.99. The lowest BCUT2D eigenvalue weighted by molar-refractivity contribution is 0.460. The van der Waals surface area contributed by atoms with Crippen molar-refractivity contribution in [1.82, 2.24) is 0 Å². The number of hydrogen-bond donors (Lipinski definition) is 1. The summed E-state index contributed by atoms with van der Waals surface area (Å²) in [5, 5.41) is 0. The topological polar surface area (TPSA) is 26.0 Å². The highest BCUT2D eigenvalue weighted by Gasteiger charge is 1.98. The van der Waals surface area contributed by atoms with Crippen LogP contribution in [0.1, 0.15) is 135 Å². The molecule has 0 aromatic heterocycles. The Bertz CT molecular complexity index is 381. The molecule has 0 aromatic carbocycles. The van der Waals surface area contributed by atoms with Crippen LogP contribution in [-0.4, -0.2) is 6.54 Å². The van der Waals surface area contributed by atoms with Gasteiger partial charge in [-0.05, 0) is 58.9 Å². The Morgan fingerprint density at radius 3 is 1.64 bits per heavy atom. The van der Waals surface area contributed by atoms with Crippen LogP contribution in [0.4, 0.5) is 0 Å². The van der Waals surface area contributed by atoms with Crippen LogP contribution in [0, 0.1) is 18.3 Å². The van der Waals surface area contributed by atoms with Gasteiger partial charge in [-0.15, -0.1) is 19.6 Å². The van der Waals surface area contributed by atoms with Crippen molar-refractivity contribution in [3.63, 3.8) is 0 Å². The summed E-state index contributed by atoms with van der Waals surface area (Å²) in [6.07, 6.45) is 22.0. The average Bonchev–Trinajstić information content (AvgIpc) is 2.89. The van der Waals surface area contributed by atoms with Crippen LogP contribution >= 0.6 is 0 Å². The zero-order valence-corrected chi connectivity index (χ0v) is 25.6. The molecular weight excluding hydrogens is 398 g/mol. The van der Waals surface area contributed by atoms with Crippen LogP contribution in [-0.2, 0) is 0 Å².